The zero-order valence-corrected chi connectivity index (χ0v) is 11.0. The summed E-state index contributed by atoms with van der Waals surface area (Å²) in [5.74, 6) is 0.219. The first-order valence-corrected chi connectivity index (χ1v) is 7.14. The predicted molar refractivity (Wildman–Crippen MR) is 68.3 cm³/mol. The molecule has 2 bridgehead atoms. The van der Waals surface area contributed by atoms with Gasteiger partial charge in [0.15, 0.2) is 0 Å². The number of likely N-dealkylation sites (tertiary alicyclic amines) is 1. The van der Waals surface area contributed by atoms with E-state index in [1.165, 1.54) is 12.8 Å². The van der Waals surface area contributed by atoms with Gasteiger partial charge in [-0.3, -0.25) is 4.79 Å². The fourth-order valence-corrected chi connectivity index (χ4v) is 3.35. The monoisotopic (exact) mass is 253 g/mol. The number of amides is 1. The smallest absolute Gasteiger partial charge is 0.242 e. The molecule has 3 rings (SSSR count). The summed E-state index contributed by atoms with van der Waals surface area (Å²) in [7, 11) is 0. The minimum absolute atomic E-state index is 0.0142. The van der Waals surface area contributed by atoms with E-state index in [2.05, 4.69) is 10.6 Å². The van der Waals surface area contributed by atoms with Gasteiger partial charge in [0.25, 0.3) is 0 Å². The molecule has 0 aromatic rings. The molecule has 3 aliphatic rings. The Bertz CT molecular complexity index is 323. The molecule has 0 radical (unpaired) electrons. The van der Waals surface area contributed by atoms with Gasteiger partial charge in [0.05, 0.1) is 12.7 Å². The second kappa shape index (κ2) is 5.15. The summed E-state index contributed by atoms with van der Waals surface area (Å²) in [4.78, 5) is 14.6. The van der Waals surface area contributed by atoms with Gasteiger partial charge < -0.3 is 20.3 Å². The molecule has 0 saturated carbocycles. The van der Waals surface area contributed by atoms with Crippen molar-refractivity contribution < 1.29 is 9.53 Å². The van der Waals surface area contributed by atoms with Crippen LogP contribution in [-0.4, -0.2) is 61.3 Å². The van der Waals surface area contributed by atoms with Gasteiger partial charge in [0, 0.05) is 31.7 Å². The van der Waals surface area contributed by atoms with Crippen molar-refractivity contribution in [3.05, 3.63) is 0 Å². The molecule has 102 valence electrons. The van der Waals surface area contributed by atoms with Crippen LogP contribution in [0.15, 0.2) is 0 Å². The molecule has 3 fully saturated rings. The van der Waals surface area contributed by atoms with Crippen molar-refractivity contribution in [2.75, 3.05) is 26.2 Å². The third-order valence-electron chi connectivity index (χ3n) is 4.42. The van der Waals surface area contributed by atoms with E-state index in [1.807, 2.05) is 11.8 Å². The van der Waals surface area contributed by atoms with E-state index in [0.29, 0.717) is 18.7 Å². The highest BCUT2D eigenvalue weighted by atomic mass is 16.5. The number of morpholine rings is 1. The van der Waals surface area contributed by atoms with Gasteiger partial charge in [0.1, 0.15) is 6.04 Å². The van der Waals surface area contributed by atoms with Crippen molar-refractivity contribution >= 4 is 5.91 Å². The average Bonchev–Trinajstić information content (AvgIpc) is 2.69. The number of rotatable bonds is 1. The molecule has 18 heavy (non-hydrogen) atoms. The van der Waals surface area contributed by atoms with E-state index in [1.54, 1.807) is 0 Å². The van der Waals surface area contributed by atoms with Crippen LogP contribution < -0.4 is 10.6 Å². The summed E-state index contributed by atoms with van der Waals surface area (Å²) in [5.41, 5.74) is 0. The second-order valence-corrected chi connectivity index (χ2v) is 5.72. The van der Waals surface area contributed by atoms with Crippen molar-refractivity contribution in [2.45, 2.75) is 50.4 Å². The number of nitrogens with zero attached hydrogens (tertiary/aromatic N) is 1. The molecule has 2 N–H and O–H groups in total. The predicted octanol–water partition coefficient (Wildman–Crippen LogP) is -0.284. The lowest BCUT2D eigenvalue weighted by Gasteiger charge is -2.34. The Balaban J connectivity index is 1.64. The largest absolute Gasteiger partial charge is 0.375 e. The molecular weight excluding hydrogens is 230 g/mol. The van der Waals surface area contributed by atoms with E-state index in [-0.39, 0.29) is 18.1 Å². The lowest BCUT2D eigenvalue weighted by Crippen LogP contribution is -2.57. The molecule has 3 aliphatic heterocycles. The van der Waals surface area contributed by atoms with Crippen molar-refractivity contribution in [3.63, 3.8) is 0 Å². The number of fused-ring (bicyclic) bond motifs is 2. The van der Waals surface area contributed by atoms with Gasteiger partial charge in [-0.2, -0.15) is 0 Å². The maximum atomic E-state index is 12.5. The molecular formula is C13H23N3O2. The number of carbonyl (C=O) groups excluding carboxylic acids is 1. The minimum atomic E-state index is -0.157. The number of hydrogen-bond donors (Lipinski definition) is 2. The third kappa shape index (κ3) is 2.39. The average molecular weight is 253 g/mol. The summed E-state index contributed by atoms with van der Waals surface area (Å²) in [5, 5.41) is 6.90. The Hall–Kier alpha value is -0.650. The fourth-order valence-electron chi connectivity index (χ4n) is 3.35. The van der Waals surface area contributed by atoms with Crippen LogP contribution in [0.4, 0.5) is 0 Å². The third-order valence-corrected chi connectivity index (χ3v) is 4.42. The molecule has 2 unspecified atom stereocenters. The van der Waals surface area contributed by atoms with Crippen LogP contribution in [-0.2, 0) is 9.53 Å². The SMILES string of the molecule is C[C@H]1OCCN[C@@H]1C(=O)N1CCC2CCC(C1)N2. The van der Waals surface area contributed by atoms with Crippen LogP contribution in [0, 0.1) is 0 Å². The summed E-state index contributed by atoms with van der Waals surface area (Å²) in [6.45, 7) is 5.21. The lowest BCUT2D eigenvalue weighted by atomic mass is 10.1. The number of nitrogens with one attached hydrogen (secondary N) is 2. The van der Waals surface area contributed by atoms with E-state index in [4.69, 9.17) is 4.74 Å². The molecule has 0 aliphatic carbocycles. The molecule has 1 amide bonds. The van der Waals surface area contributed by atoms with Crippen LogP contribution in [0.5, 0.6) is 0 Å². The highest BCUT2D eigenvalue weighted by Gasteiger charge is 2.36. The van der Waals surface area contributed by atoms with Crippen LogP contribution >= 0.6 is 0 Å². The van der Waals surface area contributed by atoms with Gasteiger partial charge in [-0.1, -0.05) is 0 Å². The first-order chi connectivity index (χ1) is 8.74. The Morgan fingerprint density at radius 1 is 1.28 bits per heavy atom. The van der Waals surface area contributed by atoms with Gasteiger partial charge in [0.2, 0.25) is 5.91 Å². The van der Waals surface area contributed by atoms with Gasteiger partial charge in [-0.05, 0) is 26.2 Å². The maximum absolute atomic E-state index is 12.5. The Labute approximate surface area is 108 Å². The Morgan fingerprint density at radius 2 is 2.11 bits per heavy atom. The fraction of sp³-hybridized carbons (Fsp3) is 0.923. The second-order valence-electron chi connectivity index (χ2n) is 5.72. The highest BCUT2D eigenvalue weighted by Crippen LogP contribution is 2.21. The summed E-state index contributed by atoms with van der Waals surface area (Å²) in [6, 6.07) is 0.970. The number of ether oxygens (including phenoxy) is 1. The maximum Gasteiger partial charge on any atom is 0.242 e. The van der Waals surface area contributed by atoms with Crippen molar-refractivity contribution in [1.29, 1.82) is 0 Å². The molecule has 0 aromatic heterocycles. The zero-order valence-electron chi connectivity index (χ0n) is 11.0. The van der Waals surface area contributed by atoms with E-state index >= 15 is 0 Å². The molecule has 0 aromatic carbocycles. The van der Waals surface area contributed by atoms with E-state index in [9.17, 15) is 4.79 Å². The van der Waals surface area contributed by atoms with E-state index in [0.717, 1.165) is 26.1 Å². The van der Waals surface area contributed by atoms with Crippen molar-refractivity contribution in [3.8, 4) is 0 Å². The van der Waals surface area contributed by atoms with Crippen LogP contribution in [0.2, 0.25) is 0 Å². The standard InChI is InChI=1S/C13H23N3O2/c1-9-12(14-5-7-18-9)13(17)16-6-4-10-2-3-11(8-16)15-10/h9-12,14-15H,2-8H2,1H3/t9-,10?,11?,12+/m1/s1. The Kier molecular flexibility index (Phi) is 3.54. The summed E-state index contributed by atoms with van der Waals surface area (Å²) < 4.78 is 5.57. The van der Waals surface area contributed by atoms with Crippen LogP contribution in [0.25, 0.3) is 0 Å². The quantitative estimate of drug-likeness (QED) is 0.675. The highest BCUT2D eigenvalue weighted by molar-refractivity contribution is 5.82. The van der Waals surface area contributed by atoms with Crippen LogP contribution in [0.3, 0.4) is 0 Å². The van der Waals surface area contributed by atoms with Crippen molar-refractivity contribution in [2.24, 2.45) is 0 Å². The molecule has 4 atom stereocenters. The van der Waals surface area contributed by atoms with Crippen LogP contribution in [0.1, 0.15) is 26.2 Å². The Morgan fingerprint density at radius 3 is 2.94 bits per heavy atom. The molecule has 3 heterocycles. The number of carbonyl (C=O) groups is 1. The molecule has 5 heteroatoms. The molecule has 5 nitrogen and oxygen atoms in total. The van der Waals surface area contributed by atoms with Crippen molar-refractivity contribution in [1.82, 2.24) is 15.5 Å². The topological polar surface area (TPSA) is 53.6 Å². The summed E-state index contributed by atoms with van der Waals surface area (Å²) in [6.07, 6.45) is 3.55. The number of hydrogen-bond acceptors (Lipinski definition) is 4. The van der Waals surface area contributed by atoms with E-state index < -0.39 is 0 Å². The zero-order chi connectivity index (χ0) is 12.5. The molecule has 0 spiro atoms. The normalized spacial score (nSPS) is 40.6. The molecule has 3 saturated heterocycles. The lowest BCUT2D eigenvalue weighted by molar-refractivity contribution is -0.139. The van der Waals surface area contributed by atoms with Gasteiger partial charge in [-0.15, -0.1) is 0 Å². The first-order valence-electron chi connectivity index (χ1n) is 7.14. The van der Waals surface area contributed by atoms with Gasteiger partial charge in [-0.25, -0.2) is 0 Å². The minimum Gasteiger partial charge on any atom is -0.375 e. The summed E-state index contributed by atoms with van der Waals surface area (Å²) >= 11 is 0. The first kappa shape index (κ1) is 12.4. The van der Waals surface area contributed by atoms with Gasteiger partial charge >= 0.3 is 0 Å².